The fraction of sp³-hybridized carbons (Fsp3) is 0.300. The molecule has 28 heavy (non-hydrogen) atoms. The van der Waals surface area contributed by atoms with Crippen molar-refractivity contribution in [2.75, 3.05) is 12.9 Å². The van der Waals surface area contributed by atoms with Crippen LogP contribution in [0.25, 0.3) is 11.4 Å². The summed E-state index contributed by atoms with van der Waals surface area (Å²) in [6.45, 7) is 3.38. The minimum absolute atomic E-state index is 0.0441. The highest BCUT2D eigenvalue weighted by Gasteiger charge is 2.15. The molecule has 0 saturated heterocycles. The van der Waals surface area contributed by atoms with Crippen molar-refractivity contribution in [3.05, 3.63) is 54.4 Å². The zero-order valence-corrected chi connectivity index (χ0v) is 16.8. The molecule has 0 aliphatic heterocycles. The first-order valence-corrected chi connectivity index (χ1v) is 10.1. The molecule has 3 aromatic rings. The van der Waals surface area contributed by atoms with Gasteiger partial charge in [-0.3, -0.25) is 9.78 Å². The zero-order valence-electron chi connectivity index (χ0n) is 16.0. The molecule has 3 rings (SSSR count). The molecule has 1 aromatic carbocycles. The lowest BCUT2D eigenvalue weighted by atomic mass is 10.2. The molecule has 0 unspecified atom stereocenters. The molecule has 1 N–H and O–H groups in total. The lowest BCUT2D eigenvalue weighted by molar-refractivity contribution is -0.118. The van der Waals surface area contributed by atoms with Crippen LogP contribution in [0.2, 0.25) is 0 Å². The van der Waals surface area contributed by atoms with Gasteiger partial charge in [-0.2, -0.15) is 0 Å². The van der Waals surface area contributed by atoms with E-state index in [4.69, 9.17) is 4.74 Å². The number of thioether (sulfide) groups is 1. The molecule has 1 amide bonds. The standard InChI is InChI=1S/C20H23N5O2S/c1-3-12-25-19(16-8-10-21-11-9-16)23-24-20(25)28-14-18(26)22-13-15-4-6-17(27-2)7-5-15/h4-11H,3,12-14H2,1-2H3,(H,22,26). The van der Waals surface area contributed by atoms with E-state index in [1.165, 1.54) is 11.8 Å². The van der Waals surface area contributed by atoms with E-state index in [2.05, 4.69) is 32.0 Å². The van der Waals surface area contributed by atoms with Crippen molar-refractivity contribution < 1.29 is 9.53 Å². The second-order valence-corrected chi connectivity index (χ2v) is 7.05. The first-order valence-electron chi connectivity index (χ1n) is 9.07. The Labute approximate surface area is 168 Å². The van der Waals surface area contributed by atoms with Crippen molar-refractivity contribution in [2.45, 2.75) is 31.6 Å². The van der Waals surface area contributed by atoms with Crippen LogP contribution in [0.3, 0.4) is 0 Å². The number of nitrogens with zero attached hydrogens (tertiary/aromatic N) is 4. The third kappa shape index (κ3) is 5.10. The molecule has 0 spiro atoms. The number of hydrogen-bond acceptors (Lipinski definition) is 6. The van der Waals surface area contributed by atoms with Gasteiger partial charge in [0.1, 0.15) is 5.75 Å². The zero-order chi connectivity index (χ0) is 19.8. The van der Waals surface area contributed by atoms with Crippen LogP contribution in [0.15, 0.2) is 53.9 Å². The average Bonchev–Trinajstić information content (AvgIpc) is 3.14. The summed E-state index contributed by atoms with van der Waals surface area (Å²) in [7, 11) is 1.63. The van der Waals surface area contributed by atoms with Crippen LogP contribution in [0.4, 0.5) is 0 Å². The molecule has 0 saturated carbocycles. The minimum atomic E-state index is -0.0441. The van der Waals surface area contributed by atoms with E-state index >= 15 is 0 Å². The Morgan fingerprint density at radius 2 is 1.89 bits per heavy atom. The number of nitrogens with one attached hydrogen (secondary N) is 1. The van der Waals surface area contributed by atoms with E-state index in [0.29, 0.717) is 6.54 Å². The number of carbonyl (C=O) groups excluding carboxylic acids is 1. The van der Waals surface area contributed by atoms with Crippen molar-refractivity contribution in [1.82, 2.24) is 25.1 Å². The Kier molecular flexibility index (Phi) is 7.02. The fourth-order valence-electron chi connectivity index (χ4n) is 2.66. The monoisotopic (exact) mass is 397 g/mol. The van der Waals surface area contributed by atoms with Gasteiger partial charge in [0.05, 0.1) is 12.9 Å². The summed E-state index contributed by atoms with van der Waals surface area (Å²) >= 11 is 1.39. The maximum absolute atomic E-state index is 12.2. The van der Waals surface area contributed by atoms with E-state index in [1.807, 2.05) is 36.4 Å². The van der Waals surface area contributed by atoms with Gasteiger partial charge in [-0.1, -0.05) is 30.8 Å². The second-order valence-electron chi connectivity index (χ2n) is 6.11. The van der Waals surface area contributed by atoms with E-state index in [-0.39, 0.29) is 11.7 Å². The largest absolute Gasteiger partial charge is 0.497 e. The smallest absolute Gasteiger partial charge is 0.230 e. The maximum Gasteiger partial charge on any atom is 0.230 e. The third-order valence-electron chi connectivity index (χ3n) is 4.08. The highest BCUT2D eigenvalue weighted by Crippen LogP contribution is 2.24. The number of amides is 1. The second kappa shape index (κ2) is 9.89. The summed E-state index contributed by atoms with van der Waals surface area (Å²) < 4.78 is 7.19. The number of ether oxygens (including phenoxy) is 1. The van der Waals surface area contributed by atoms with Crippen LogP contribution in [0.1, 0.15) is 18.9 Å². The average molecular weight is 398 g/mol. The van der Waals surface area contributed by atoms with Crippen LogP contribution in [0.5, 0.6) is 5.75 Å². The Morgan fingerprint density at radius 3 is 2.57 bits per heavy atom. The van der Waals surface area contributed by atoms with E-state index < -0.39 is 0 Å². The SMILES string of the molecule is CCCn1c(SCC(=O)NCc2ccc(OC)cc2)nnc1-c1ccncc1. The molecule has 146 valence electrons. The Balaban J connectivity index is 1.58. The summed E-state index contributed by atoms with van der Waals surface area (Å²) in [5, 5.41) is 12.3. The molecule has 8 heteroatoms. The molecule has 2 aromatic heterocycles. The van der Waals surface area contributed by atoms with Gasteiger partial charge in [-0.05, 0) is 36.2 Å². The summed E-state index contributed by atoms with van der Waals surface area (Å²) in [5.41, 5.74) is 1.99. The summed E-state index contributed by atoms with van der Waals surface area (Å²) in [5.74, 6) is 1.84. The highest BCUT2D eigenvalue weighted by atomic mass is 32.2. The van der Waals surface area contributed by atoms with Gasteiger partial charge < -0.3 is 14.6 Å². The van der Waals surface area contributed by atoms with Crippen LogP contribution >= 0.6 is 11.8 Å². The quantitative estimate of drug-likeness (QED) is 0.559. The topological polar surface area (TPSA) is 81.9 Å². The van der Waals surface area contributed by atoms with Crippen molar-refractivity contribution in [1.29, 1.82) is 0 Å². The molecule has 0 aliphatic carbocycles. The van der Waals surface area contributed by atoms with Gasteiger partial charge in [-0.25, -0.2) is 0 Å². The molecule has 0 aliphatic rings. The third-order valence-corrected chi connectivity index (χ3v) is 5.05. The number of benzene rings is 1. The number of pyridine rings is 1. The normalized spacial score (nSPS) is 10.6. The highest BCUT2D eigenvalue weighted by molar-refractivity contribution is 7.99. The van der Waals surface area contributed by atoms with E-state index in [1.54, 1.807) is 19.5 Å². The van der Waals surface area contributed by atoms with Crippen molar-refractivity contribution in [3.63, 3.8) is 0 Å². The summed E-state index contributed by atoms with van der Waals surface area (Å²) in [6.07, 6.45) is 4.42. The molecule has 7 nitrogen and oxygen atoms in total. The first kappa shape index (κ1) is 19.9. The van der Waals surface area contributed by atoms with E-state index in [0.717, 1.165) is 40.8 Å². The van der Waals surface area contributed by atoms with Gasteiger partial charge in [0.25, 0.3) is 0 Å². The Bertz CT molecular complexity index is 897. The van der Waals surface area contributed by atoms with Crippen LogP contribution in [-0.2, 0) is 17.9 Å². The number of rotatable bonds is 9. The van der Waals surface area contributed by atoms with Crippen LogP contribution in [-0.4, -0.2) is 38.5 Å². The maximum atomic E-state index is 12.2. The van der Waals surface area contributed by atoms with Crippen LogP contribution < -0.4 is 10.1 Å². The molecular formula is C20H23N5O2S. The predicted molar refractivity (Wildman–Crippen MR) is 109 cm³/mol. The Hall–Kier alpha value is -2.87. The van der Waals surface area contributed by atoms with Gasteiger partial charge in [0, 0.05) is 31.0 Å². The fourth-order valence-corrected chi connectivity index (χ4v) is 3.45. The molecule has 0 atom stereocenters. The molecular weight excluding hydrogens is 374 g/mol. The summed E-state index contributed by atoms with van der Waals surface area (Å²) in [6, 6.07) is 11.4. The number of aromatic nitrogens is 4. The first-order chi connectivity index (χ1) is 13.7. The van der Waals surface area contributed by atoms with Crippen molar-refractivity contribution in [2.24, 2.45) is 0 Å². The van der Waals surface area contributed by atoms with E-state index in [9.17, 15) is 4.79 Å². The van der Waals surface area contributed by atoms with Gasteiger partial charge in [0.2, 0.25) is 5.91 Å². The molecule has 2 heterocycles. The van der Waals surface area contributed by atoms with Gasteiger partial charge in [0.15, 0.2) is 11.0 Å². The number of carbonyl (C=O) groups is 1. The Morgan fingerprint density at radius 1 is 1.14 bits per heavy atom. The lowest BCUT2D eigenvalue weighted by Gasteiger charge is -2.09. The van der Waals surface area contributed by atoms with Crippen LogP contribution in [0, 0.1) is 0 Å². The summed E-state index contributed by atoms with van der Waals surface area (Å²) in [4.78, 5) is 16.3. The number of methoxy groups -OCH3 is 1. The van der Waals surface area contributed by atoms with Crippen molar-refractivity contribution in [3.8, 4) is 17.1 Å². The molecule has 0 fully saturated rings. The van der Waals surface area contributed by atoms with Crippen molar-refractivity contribution >= 4 is 17.7 Å². The van der Waals surface area contributed by atoms with Gasteiger partial charge >= 0.3 is 0 Å². The minimum Gasteiger partial charge on any atom is -0.497 e. The molecule has 0 radical (unpaired) electrons. The molecule has 0 bridgehead atoms. The number of hydrogen-bond donors (Lipinski definition) is 1. The lowest BCUT2D eigenvalue weighted by Crippen LogP contribution is -2.24. The van der Waals surface area contributed by atoms with Gasteiger partial charge in [-0.15, -0.1) is 10.2 Å². The predicted octanol–water partition coefficient (Wildman–Crippen LogP) is 3.17.